The zero-order valence-electron chi connectivity index (χ0n) is 14.5. The van der Waals surface area contributed by atoms with Crippen LogP contribution in [-0.2, 0) is 11.3 Å². The lowest BCUT2D eigenvalue weighted by Gasteiger charge is -2.32. The summed E-state index contributed by atoms with van der Waals surface area (Å²) < 4.78 is 13.0. The van der Waals surface area contributed by atoms with Crippen molar-refractivity contribution in [3.8, 4) is 0 Å². The Labute approximate surface area is 152 Å². The van der Waals surface area contributed by atoms with Crippen LogP contribution in [0.25, 0.3) is 0 Å². The third-order valence-corrected chi connectivity index (χ3v) is 4.65. The number of piperidine rings is 1. The predicted molar refractivity (Wildman–Crippen MR) is 98.0 cm³/mol. The summed E-state index contributed by atoms with van der Waals surface area (Å²) in [7, 11) is 0. The van der Waals surface area contributed by atoms with Crippen LogP contribution in [-0.4, -0.2) is 29.8 Å². The van der Waals surface area contributed by atoms with Gasteiger partial charge in [-0.1, -0.05) is 24.3 Å². The van der Waals surface area contributed by atoms with Gasteiger partial charge in [-0.15, -0.1) is 0 Å². The first-order valence-electron chi connectivity index (χ1n) is 8.69. The first kappa shape index (κ1) is 18.1. The number of para-hydroxylation sites is 1. The molecule has 2 aromatic carbocycles. The van der Waals surface area contributed by atoms with Crippen molar-refractivity contribution in [2.24, 2.45) is 11.7 Å². The summed E-state index contributed by atoms with van der Waals surface area (Å²) in [5.74, 6) is -1.09. The average Bonchev–Trinajstić information content (AvgIpc) is 2.64. The molecule has 0 bridgehead atoms. The number of anilines is 1. The summed E-state index contributed by atoms with van der Waals surface area (Å²) in [6, 6.07) is 13.2. The van der Waals surface area contributed by atoms with E-state index in [4.69, 9.17) is 5.73 Å². The van der Waals surface area contributed by atoms with Gasteiger partial charge in [-0.3, -0.25) is 14.5 Å². The van der Waals surface area contributed by atoms with Crippen molar-refractivity contribution in [3.63, 3.8) is 0 Å². The number of hydrogen-bond donors (Lipinski definition) is 2. The molecule has 136 valence electrons. The third kappa shape index (κ3) is 4.46. The lowest BCUT2D eigenvalue weighted by atomic mass is 9.96. The molecule has 0 aliphatic carbocycles. The molecular weight excluding hydrogens is 333 g/mol. The Bertz CT molecular complexity index is 792. The van der Waals surface area contributed by atoms with Gasteiger partial charge in [-0.2, -0.15) is 0 Å². The molecule has 0 aromatic heterocycles. The molecule has 2 amide bonds. The lowest BCUT2D eigenvalue weighted by molar-refractivity contribution is -0.121. The number of amides is 2. The van der Waals surface area contributed by atoms with E-state index in [0.717, 1.165) is 24.9 Å². The summed E-state index contributed by atoms with van der Waals surface area (Å²) in [5.41, 5.74) is 7.13. The third-order valence-electron chi connectivity index (χ3n) is 4.65. The molecule has 5 nitrogen and oxygen atoms in total. The van der Waals surface area contributed by atoms with Crippen LogP contribution in [0.1, 0.15) is 28.8 Å². The number of rotatable bonds is 5. The molecule has 2 aromatic rings. The molecule has 3 rings (SSSR count). The largest absolute Gasteiger partial charge is 0.366 e. The van der Waals surface area contributed by atoms with Crippen molar-refractivity contribution in [1.29, 1.82) is 0 Å². The van der Waals surface area contributed by atoms with E-state index in [0.29, 0.717) is 24.3 Å². The maximum Gasteiger partial charge on any atom is 0.250 e. The molecule has 1 fully saturated rings. The van der Waals surface area contributed by atoms with E-state index in [1.165, 1.54) is 12.1 Å². The Morgan fingerprint density at radius 2 is 1.88 bits per heavy atom. The van der Waals surface area contributed by atoms with Crippen molar-refractivity contribution >= 4 is 17.5 Å². The summed E-state index contributed by atoms with van der Waals surface area (Å²) in [6.45, 7) is 2.21. The monoisotopic (exact) mass is 355 g/mol. The van der Waals surface area contributed by atoms with Crippen LogP contribution >= 0.6 is 0 Å². The van der Waals surface area contributed by atoms with Gasteiger partial charge >= 0.3 is 0 Å². The van der Waals surface area contributed by atoms with Gasteiger partial charge in [0.2, 0.25) is 5.91 Å². The molecule has 1 aliphatic heterocycles. The van der Waals surface area contributed by atoms with E-state index in [-0.39, 0.29) is 17.6 Å². The summed E-state index contributed by atoms with van der Waals surface area (Å²) in [6.07, 6.45) is 1.71. The number of primary amides is 1. The van der Waals surface area contributed by atoms with Crippen LogP contribution in [0.5, 0.6) is 0 Å². The predicted octanol–water partition coefficient (Wildman–Crippen LogP) is 2.78. The highest BCUT2D eigenvalue weighted by atomic mass is 19.1. The minimum absolute atomic E-state index is 0.109. The Hall–Kier alpha value is -2.73. The molecule has 1 heterocycles. The van der Waals surface area contributed by atoms with Gasteiger partial charge in [0.05, 0.1) is 17.2 Å². The Kier molecular flexibility index (Phi) is 5.63. The fourth-order valence-electron chi connectivity index (χ4n) is 3.30. The van der Waals surface area contributed by atoms with Crippen molar-refractivity contribution in [3.05, 3.63) is 65.5 Å². The average molecular weight is 355 g/mol. The maximum absolute atomic E-state index is 13.0. The quantitative estimate of drug-likeness (QED) is 0.866. The minimum Gasteiger partial charge on any atom is -0.366 e. The number of benzene rings is 2. The van der Waals surface area contributed by atoms with Gasteiger partial charge in [0.1, 0.15) is 5.82 Å². The molecule has 1 atom stereocenters. The molecule has 6 heteroatoms. The van der Waals surface area contributed by atoms with Crippen molar-refractivity contribution < 1.29 is 14.0 Å². The van der Waals surface area contributed by atoms with E-state index < -0.39 is 5.91 Å². The van der Waals surface area contributed by atoms with Crippen molar-refractivity contribution in [2.75, 3.05) is 18.4 Å². The highest BCUT2D eigenvalue weighted by Crippen LogP contribution is 2.22. The number of nitrogens with zero attached hydrogens (tertiary/aromatic N) is 1. The number of likely N-dealkylation sites (tertiary alicyclic amines) is 1. The van der Waals surface area contributed by atoms with Crippen molar-refractivity contribution in [1.82, 2.24) is 4.90 Å². The van der Waals surface area contributed by atoms with E-state index in [1.54, 1.807) is 36.4 Å². The molecule has 1 unspecified atom stereocenters. The maximum atomic E-state index is 13.0. The highest BCUT2D eigenvalue weighted by molar-refractivity contribution is 6.03. The number of nitrogens with two attached hydrogens (primary N) is 1. The van der Waals surface area contributed by atoms with E-state index in [1.807, 2.05) is 0 Å². The normalized spacial score (nSPS) is 17.7. The molecule has 0 spiro atoms. The van der Waals surface area contributed by atoms with E-state index >= 15 is 0 Å². The van der Waals surface area contributed by atoms with Crippen LogP contribution in [0.15, 0.2) is 48.5 Å². The SMILES string of the molecule is NC(=O)c1ccccc1NC(=O)C1CCCN(Cc2ccc(F)cc2)C1. The Morgan fingerprint density at radius 1 is 1.15 bits per heavy atom. The molecular formula is C20H22FN3O2. The van der Waals surface area contributed by atoms with Gasteiger partial charge in [0, 0.05) is 13.1 Å². The van der Waals surface area contributed by atoms with Gasteiger partial charge in [0.25, 0.3) is 5.91 Å². The molecule has 26 heavy (non-hydrogen) atoms. The highest BCUT2D eigenvalue weighted by Gasteiger charge is 2.26. The first-order chi connectivity index (χ1) is 12.5. The number of nitrogens with one attached hydrogen (secondary N) is 1. The molecule has 0 saturated carbocycles. The minimum atomic E-state index is -0.567. The van der Waals surface area contributed by atoms with E-state index in [9.17, 15) is 14.0 Å². The van der Waals surface area contributed by atoms with Gasteiger partial charge in [-0.25, -0.2) is 4.39 Å². The first-order valence-corrected chi connectivity index (χ1v) is 8.69. The second-order valence-electron chi connectivity index (χ2n) is 6.60. The standard InChI is InChI=1S/C20H22FN3O2/c21-16-9-7-14(8-10-16)12-24-11-3-4-15(13-24)20(26)23-18-6-2-1-5-17(18)19(22)25/h1-2,5-10,15H,3-4,11-13H2,(H2,22,25)(H,23,26). The molecule has 1 aliphatic rings. The van der Waals surface area contributed by atoms with Gasteiger partial charge < -0.3 is 11.1 Å². The smallest absolute Gasteiger partial charge is 0.250 e. The summed E-state index contributed by atoms with van der Waals surface area (Å²) in [4.78, 5) is 26.3. The molecule has 0 radical (unpaired) electrons. The summed E-state index contributed by atoms with van der Waals surface area (Å²) in [5, 5.41) is 2.84. The fraction of sp³-hybridized carbons (Fsp3) is 0.300. The Balaban J connectivity index is 1.63. The van der Waals surface area contributed by atoms with Gasteiger partial charge in [-0.05, 0) is 49.2 Å². The number of carbonyl (C=O) groups is 2. The van der Waals surface area contributed by atoms with Crippen LogP contribution in [0.4, 0.5) is 10.1 Å². The summed E-state index contributed by atoms with van der Waals surface area (Å²) >= 11 is 0. The number of halogens is 1. The van der Waals surface area contributed by atoms with Crippen LogP contribution in [0.3, 0.4) is 0 Å². The Morgan fingerprint density at radius 3 is 2.62 bits per heavy atom. The molecule has 1 saturated heterocycles. The molecule has 3 N–H and O–H groups in total. The zero-order chi connectivity index (χ0) is 18.5. The van der Waals surface area contributed by atoms with Crippen LogP contribution in [0, 0.1) is 11.7 Å². The van der Waals surface area contributed by atoms with Crippen LogP contribution < -0.4 is 11.1 Å². The fourth-order valence-corrected chi connectivity index (χ4v) is 3.30. The van der Waals surface area contributed by atoms with E-state index in [2.05, 4.69) is 10.2 Å². The topological polar surface area (TPSA) is 75.4 Å². The zero-order valence-corrected chi connectivity index (χ0v) is 14.5. The number of carbonyl (C=O) groups excluding carboxylic acids is 2. The number of hydrogen-bond acceptors (Lipinski definition) is 3. The lowest BCUT2D eigenvalue weighted by Crippen LogP contribution is -2.40. The van der Waals surface area contributed by atoms with Crippen molar-refractivity contribution in [2.45, 2.75) is 19.4 Å². The second-order valence-corrected chi connectivity index (χ2v) is 6.60. The van der Waals surface area contributed by atoms with Crippen LogP contribution in [0.2, 0.25) is 0 Å². The second kappa shape index (κ2) is 8.10. The van der Waals surface area contributed by atoms with Gasteiger partial charge in [0.15, 0.2) is 0 Å².